The summed E-state index contributed by atoms with van der Waals surface area (Å²) in [6.45, 7) is 1.49. The average molecular weight is 348 g/mol. The SMILES string of the molecule is O=[N+]([O-])c1cc(Cl)cnc1NC(CC1CCOC1)c1ccccc1. The van der Waals surface area contributed by atoms with E-state index in [0.717, 1.165) is 31.6 Å². The third-order valence-corrected chi connectivity index (χ3v) is 4.34. The van der Waals surface area contributed by atoms with E-state index >= 15 is 0 Å². The molecule has 2 heterocycles. The molecule has 6 nitrogen and oxygen atoms in total. The van der Waals surface area contributed by atoms with E-state index in [1.807, 2.05) is 30.3 Å². The molecule has 0 spiro atoms. The van der Waals surface area contributed by atoms with Crippen molar-refractivity contribution in [2.75, 3.05) is 18.5 Å². The maximum atomic E-state index is 11.3. The van der Waals surface area contributed by atoms with E-state index in [1.54, 1.807) is 0 Å². The highest BCUT2D eigenvalue weighted by atomic mass is 35.5. The van der Waals surface area contributed by atoms with Crippen LogP contribution in [0.5, 0.6) is 0 Å². The van der Waals surface area contributed by atoms with Crippen LogP contribution < -0.4 is 5.32 Å². The first kappa shape index (κ1) is 16.7. The van der Waals surface area contributed by atoms with E-state index in [4.69, 9.17) is 16.3 Å². The molecule has 2 aromatic rings. The minimum atomic E-state index is -0.470. The van der Waals surface area contributed by atoms with Gasteiger partial charge in [-0.25, -0.2) is 4.98 Å². The molecule has 3 rings (SSSR count). The van der Waals surface area contributed by atoms with Gasteiger partial charge in [0.15, 0.2) is 0 Å². The van der Waals surface area contributed by atoms with Gasteiger partial charge in [0.05, 0.1) is 16.0 Å². The fourth-order valence-electron chi connectivity index (χ4n) is 2.91. The fourth-order valence-corrected chi connectivity index (χ4v) is 3.06. The second kappa shape index (κ2) is 7.59. The van der Waals surface area contributed by atoms with Crippen LogP contribution in [0, 0.1) is 16.0 Å². The van der Waals surface area contributed by atoms with Crippen LogP contribution in [0.25, 0.3) is 0 Å². The maximum Gasteiger partial charge on any atom is 0.312 e. The van der Waals surface area contributed by atoms with E-state index in [0.29, 0.717) is 5.92 Å². The van der Waals surface area contributed by atoms with Crippen LogP contribution in [-0.2, 0) is 4.74 Å². The molecule has 0 aliphatic carbocycles. The number of halogens is 1. The minimum absolute atomic E-state index is 0.0784. The molecule has 1 N–H and O–H groups in total. The summed E-state index contributed by atoms with van der Waals surface area (Å²) in [5.74, 6) is 0.659. The highest BCUT2D eigenvalue weighted by Gasteiger charge is 2.25. The Bertz CT molecular complexity index is 705. The molecule has 0 radical (unpaired) electrons. The van der Waals surface area contributed by atoms with E-state index in [9.17, 15) is 10.1 Å². The first-order valence-electron chi connectivity index (χ1n) is 7.82. The normalized spacial score (nSPS) is 18.3. The van der Waals surface area contributed by atoms with Crippen molar-refractivity contribution in [1.82, 2.24) is 4.98 Å². The van der Waals surface area contributed by atoms with Gasteiger partial charge >= 0.3 is 5.69 Å². The second-order valence-electron chi connectivity index (χ2n) is 5.85. The maximum absolute atomic E-state index is 11.3. The molecule has 0 bridgehead atoms. The van der Waals surface area contributed by atoms with Gasteiger partial charge < -0.3 is 10.1 Å². The number of hydrogen-bond donors (Lipinski definition) is 1. The number of pyridine rings is 1. The van der Waals surface area contributed by atoms with Gasteiger partial charge in [0.2, 0.25) is 5.82 Å². The molecule has 1 aliphatic rings. The van der Waals surface area contributed by atoms with Crippen molar-refractivity contribution in [3.63, 3.8) is 0 Å². The number of aromatic nitrogens is 1. The molecule has 0 saturated carbocycles. The Kier molecular flexibility index (Phi) is 5.27. The van der Waals surface area contributed by atoms with Crippen molar-refractivity contribution < 1.29 is 9.66 Å². The largest absolute Gasteiger partial charge is 0.381 e. The van der Waals surface area contributed by atoms with E-state index < -0.39 is 4.92 Å². The van der Waals surface area contributed by atoms with Crippen molar-refractivity contribution in [3.05, 3.63) is 63.3 Å². The third kappa shape index (κ3) is 4.01. The summed E-state index contributed by atoms with van der Waals surface area (Å²) in [5, 5.41) is 14.8. The molecule has 126 valence electrons. The van der Waals surface area contributed by atoms with Crippen LogP contribution >= 0.6 is 11.6 Å². The Morgan fingerprint density at radius 2 is 2.21 bits per heavy atom. The van der Waals surface area contributed by atoms with Gasteiger partial charge in [0.25, 0.3) is 0 Å². The number of nitro groups is 1. The number of hydrogen-bond acceptors (Lipinski definition) is 5. The van der Waals surface area contributed by atoms with Gasteiger partial charge in [-0.15, -0.1) is 0 Å². The van der Waals surface area contributed by atoms with Crippen molar-refractivity contribution in [3.8, 4) is 0 Å². The second-order valence-corrected chi connectivity index (χ2v) is 6.29. The zero-order valence-corrected chi connectivity index (χ0v) is 13.8. The average Bonchev–Trinajstić information content (AvgIpc) is 3.09. The summed E-state index contributed by atoms with van der Waals surface area (Å²) in [4.78, 5) is 14.9. The highest BCUT2D eigenvalue weighted by molar-refractivity contribution is 6.30. The lowest BCUT2D eigenvalue weighted by Crippen LogP contribution is -2.17. The summed E-state index contributed by atoms with van der Waals surface area (Å²) in [6, 6.07) is 11.1. The summed E-state index contributed by atoms with van der Waals surface area (Å²) in [6.07, 6.45) is 3.24. The van der Waals surface area contributed by atoms with E-state index in [1.165, 1.54) is 12.3 Å². The molecule has 0 amide bonds. The molecule has 1 aromatic carbocycles. The molecule has 24 heavy (non-hydrogen) atoms. The topological polar surface area (TPSA) is 77.3 Å². The van der Waals surface area contributed by atoms with Crippen molar-refractivity contribution in [2.24, 2.45) is 5.92 Å². The number of nitrogens with zero attached hydrogens (tertiary/aromatic N) is 2. The van der Waals surface area contributed by atoms with Crippen molar-refractivity contribution in [1.29, 1.82) is 0 Å². The minimum Gasteiger partial charge on any atom is -0.381 e. The Hall–Kier alpha value is -2.18. The van der Waals surface area contributed by atoms with Gasteiger partial charge in [-0.05, 0) is 24.3 Å². The monoisotopic (exact) mass is 347 g/mol. The predicted octanol–water partition coefficient (Wildman–Crippen LogP) is 4.22. The smallest absolute Gasteiger partial charge is 0.312 e. The van der Waals surface area contributed by atoms with Crippen LogP contribution in [0.3, 0.4) is 0 Å². The quantitative estimate of drug-likeness (QED) is 0.625. The Balaban J connectivity index is 1.87. The highest BCUT2D eigenvalue weighted by Crippen LogP contribution is 2.33. The molecular formula is C17H18ClN3O3. The third-order valence-electron chi connectivity index (χ3n) is 4.14. The molecule has 2 atom stereocenters. The molecule has 2 unspecified atom stereocenters. The zero-order valence-electron chi connectivity index (χ0n) is 13.0. The molecule has 7 heteroatoms. The molecule has 1 saturated heterocycles. The zero-order chi connectivity index (χ0) is 16.9. The standard InChI is InChI=1S/C17H18ClN3O3/c18-14-9-16(21(22)23)17(19-10-14)20-15(8-12-6-7-24-11-12)13-4-2-1-3-5-13/h1-5,9-10,12,15H,6-8,11H2,(H,19,20). The molecule has 1 fully saturated rings. The Morgan fingerprint density at radius 1 is 1.42 bits per heavy atom. The van der Waals surface area contributed by atoms with Crippen LogP contribution in [0.1, 0.15) is 24.4 Å². The number of rotatable bonds is 6. The van der Waals surface area contributed by atoms with E-state index in [-0.39, 0.29) is 22.6 Å². The van der Waals surface area contributed by atoms with Gasteiger partial charge in [-0.1, -0.05) is 41.9 Å². The van der Waals surface area contributed by atoms with Crippen molar-refractivity contribution in [2.45, 2.75) is 18.9 Å². The lowest BCUT2D eigenvalue weighted by molar-refractivity contribution is -0.384. The molecule has 1 aromatic heterocycles. The first-order valence-corrected chi connectivity index (χ1v) is 8.20. The summed E-state index contributed by atoms with van der Waals surface area (Å²) >= 11 is 5.84. The Labute approximate surface area is 145 Å². The summed E-state index contributed by atoms with van der Waals surface area (Å²) in [7, 11) is 0. The molecular weight excluding hydrogens is 330 g/mol. The van der Waals surface area contributed by atoms with Gasteiger partial charge in [0, 0.05) is 25.5 Å². The van der Waals surface area contributed by atoms with E-state index in [2.05, 4.69) is 10.3 Å². The number of nitrogens with one attached hydrogen (secondary N) is 1. The number of anilines is 1. The predicted molar refractivity (Wildman–Crippen MR) is 92.3 cm³/mol. The van der Waals surface area contributed by atoms with Gasteiger partial charge in [0.1, 0.15) is 0 Å². The lowest BCUT2D eigenvalue weighted by Gasteiger charge is -2.22. The van der Waals surface area contributed by atoms with Gasteiger partial charge in [-0.2, -0.15) is 0 Å². The van der Waals surface area contributed by atoms with Crippen LogP contribution in [0.2, 0.25) is 5.02 Å². The number of ether oxygens (including phenoxy) is 1. The summed E-state index contributed by atoms with van der Waals surface area (Å²) in [5.41, 5.74) is 0.946. The van der Waals surface area contributed by atoms with Crippen LogP contribution in [-0.4, -0.2) is 23.1 Å². The molecule has 1 aliphatic heterocycles. The fraction of sp³-hybridized carbons (Fsp3) is 0.353. The van der Waals surface area contributed by atoms with Gasteiger partial charge in [-0.3, -0.25) is 10.1 Å². The van der Waals surface area contributed by atoms with Crippen LogP contribution in [0.4, 0.5) is 11.5 Å². The van der Waals surface area contributed by atoms with Crippen LogP contribution in [0.15, 0.2) is 42.6 Å². The number of benzene rings is 1. The summed E-state index contributed by atoms with van der Waals surface area (Å²) < 4.78 is 5.45. The lowest BCUT2D eigenvalue weighted by atomic mass is 9.94. The van der Waals surface area contributed by atoms with Crippen molar-refractivity contribution >= 4 is 23.1 Å². The first-order chi connectivity index (χ1) is 11.6. The Morgan fingerprint density at radius 3 is 2.88 bits per heavy atom.